The van der Waals surface area contributed by atoms with E-state index >= 15 is 0 Å². The van der Waals surface area contributed by atoms with Crippen LogP contribution in [0.5, 0.6) is 0 Å². The molecular weight excluding hydrogens is 306 g/mol. The average molecular weight is 342 g/mol. The molecule has 0 aliphatic heterocycles. The first-order chi connectivity index (χ1) is 11.6. The van der Waals surface area contributed by atoms with E-state index in [1.54, 1.807) is 0 Å². The number of hydrogen-bond donors (Lipinski definition) is 1. The molecule has 0 fully saturated rings. The number of hydrogen-bond acceptors (Lipinski definition) is 3. The maximum atomic E-state index is 4.99. The van der Waals surface area contributed by atoms with E-state index in [1.807, 2.05) is 0 Å². The Morgan fingerprint density at radius 3 is 2.08 bits per heavy atom. The van der Waals surface area contributed by atoms with Gasteiger partial charge in [0.25, 0.3) is 0 Å². The zero-order chi connectivity index (χ0) is 18.9. The van der Waals surface area contributed by atoms with Crippen LogP contribution in [0.2, 0.25) is 0 Å². The predicted molar refractivity (Wildman–Crippen MR) is 111 cm³/mol. The number of aromatic nitrogens is 1. The molecule has 0 saturated carbocycles. The molecule has 25 heavy (non-hydrogen) atoms. The van der Waals surface area contributed by atoms with Crippen molar-refractivity contribution in [1.82, 2.24) is 9.88 Å². The van der Waals surface area contributed by atoms with Crippen LogP contribution in [0.4, 0.5) is 5.69 Å². The second-order valence-electron chi connectivity index (χ2n) is 7.91. The van der Waals surface area contributed by atoms with Gasteiger partial charge in [-0.1, -0.05) is 0 Å². The number of nitrogens with one attached hydrogen (secondary N) is 1. The Kier molecular flexibility index (Phi) is 6.10. The highest BCUT2D eigenvalue weighted by Crippen LogP contribution is 2.36. The van der Waals surface area contributed by atoms with Crippen molar-refractivity contribution >= 4 is 16.6 Å². The maximum absolute atomic E-state index is 4.99. The summed E-state index contributed by atoms with van der Waals surface area (Å²) in [5.41, 5.74) is 10.3. The number of aryl methyl sites for hydroxylation is 3. The van der Waals surface area contributed by atoms with E-state index in [1.165, 1.54) is 45.3 Å². The van der Waals surface area contributed by atoms with Crippen LogP contribution in [0.25, 0.3) is 10.9 Å². The Labute approximate surface area is 153 Å². The van der Waals surface area contributed by atoms with E-state index < -0.39 is 0 Å². The summed E-state index contributed by atoms with van der Waals surface area (Å²) in [6.07, 6.45) is 2.36. The molecule has 1 aromatic carbocycles. The number of fused-ring (bicyclic) bond motifs is 1. The quantitative estimate of drug-likeness (QED) is 0.780. The Bertz CT molecular complexity index is 767. The van der Waals surface area contributed by atoms with E-state index in [-0.39, 0.29) is 0 Å². The van der Waals surface area contributed by atoms with E-state index in [9.17, 15) is 0 Å². The van der Waals surface area contributed by atoms with Crippen LogP contribution < -0.4 is 5.32 Å². The molecule has 3 nitrogen and oxygen atoms in total. The van der Waals surface area contributed by atoms with E-state index in [0.717, 1.165) is 24.2 Å². The highest BCUT2D eigenvalue weighted by atomic mass is 15.0. The van der Waals surface area contributed by atoms with Gasteiger partial charge in [-0.2, -0.15) is 0 Å². The minimum atomic E-state index is 0.438. The van der Waals surface area contributed by atoms with Crippen LogP contribution in [-0.4, -0.2) is 36.6 Å². The Hall–Kier alpha value is -1.61. The van der Waals surface area contributed by atoms with Crippen molar-refractivity contribution in [3.8, 4) is 0 Å². The molecule has 0 saturated heterocycles. The summed E-state index contributed by atoms with van der Waals surface area (Å²) in [5, 5.41) is 5.12. The third-order valence-electron chi connectivity index (χ3n) is 5.74. The predicted octanol–water partition coefficient (Wildman–Crippen LogP) is 5.23. The largest absolute Gasteiger partial charge is 0.381 e. The second kappa shape index (κ2) is 7.74. The van der Waals surface area contributed by atoms with Gasteiger partial charge in [0.2, 0.25) is 0 Å². The fourth-order valence-corrected chi connectivity index (χ4v) is 3.63. The molecule has 0 aliphatic rings. The van der Waals surface area contributed by atoms with Gasteiger partial charge < -0.3 is 10.2 Å². The van der Waals surface area contributed by atoms with E-state index in [2.05, 4.69) is 72.8 Å². The van der Waals surface area contributed by atoms with E-state index in [0.29, 0.717) is 6.04 Å². The van der Waals surface area contributed by atoms with Crippen LogP contribution in [-0.2, 0) is 0 Å². The van der Waals surface area contributed by atoms with Gasteiger partial charge in [0.15, 0.2) is 0 Å². The van der Waals surface area contributed by atoms with Crippen LogP contribution in [0.15, 0.2) is 0 Å². The van der Waals surface area contributed by atoms with Gasteiger partial charge in [-0.3, -0.25) is 4.98 Å². The highest BCUT2D eigenvalue weighted by molar-refractivity contribution is 5.98. The van der Waals surface area contributed by atoms with Crippen LogP contribution >= 0.6 is 0 Å². The third-order valence-corrected chi connectivity index (χ3v) is 5.74. The van der Waals surface area contributed by atoms with Gasteiger partial charge in [-0.25, -0.2) is 0 Å². The third kappa shape index (κ3) is 3.98. The molecule has 3 heteroatoms. The lowest BCUT2D eigenvalue weighted by Gasteiger charge is -2.23. The van der Waals surface area contributed by atoms with Gasteiger partial charge in [0.05, 0.1) is 11.2 Å². The number of nitrogens with zero attached hydrogens (tertiary/aromatic N) is 2. The summed E-state index contributed by atoms with van der Waals surface area (Å²) >= 11 is 0. The number of rotatable bonds is 6. The fourth-order valence-electron chi connectivity index (χ4n) is 3.63. The van der Waals surface area contributed by atoms with Crippen molar-refractivity contribution in [3.63, 3.8) is 0 Å². The first kappa shape index (κ1) is 19.7. The lowest BCUT2D eigenvalue weighted by atomic mass is 9.92. The van der Waals surface area contributed by atoms with Crippen molar-refractivity contribution in [2.45, 2.75) is 67.3 Å². The standard InChI is InChI=1S/C22H35N3/c1-13(11-10-12-25(8)9)23-21-18(6)14(2)16(4)20-17(5)15(3)19(7)24-22(20)21/h13,23H,10-12H2,1-9H3. The summed E-state index contributed by atoms with van der Waals surface area (Å²) in [6.45, 7) is 16.7. The Balaban J connectivity index is 2.49. The molecule has 1 atom stereocenters. The summed E-state index contributed by atoms with van der Waals surface area (Å²) in [5.74, 6) is 0. The molecule has 0 radical (unpaired) electrons. The van der Waals surface area contributed by atoms with Crippen molar-refractivity contribution in [1.29, 1.82) is 0 Å². The molecule has 2 aromatic rings. The molecule has 0 spiro atoms. The molecular formula is C22H35N3. The lowest BCUT2D eigenvalue weighted by Crippen LogP contribution is -2.20. The minimum absolute atomic E-state index is 0.438. The highest BCUT2D eigenvalue weighted by Gasteiger charge is 2.18. The monoisotopic (exact) mass is 341 g/mol. The van der Waals surface area contributed by atoms with Gasteiger partial charge in [-0.15, -0.1) is 0 Å². The molecule has 1 heterocycles. The molecule has 1 unspecified atom stereocenters. The molecule has 0 amide bonds. The number of pyridine rings is 1. The molecule has 138 valence electrons. The first-order valence-electron chi connectivity index (χ1n) is 9.43. The van der Waals surface area contributed by atoms with Crippen LogP contribution in [0.1, 0.15) is 53.3 Å². The van der Waals surface area contributed by atoms with E-state index in [4.69, 9.17) is 4.98 Å². The maximum Gasteiger partial charge on any atom is 0.0944 e. The SMILES string of the molecule is Cc1nc2c(NC(C)CCCN(C)C)c(C)c(C)c(C)c2c(C)c1C. The summed E-state index contributed by atoms with van der Waals surface area (Å²) in [7, 11) is 4.27. The normalized spacial score (nSPS) is 12.9. The Morgan fingerprint density at radius 1 is 0.880 bits per heavy atom. The van der Waals surface area contributed by atoms with Crippen LogP contribution in [0, 0.1) is 41.5 Å². The average Bonchev–Trinajstić information content (AvgIpc) is 2.54. The van der Waals surface area contributed by atoms with Crippen molar-refractivity contribution in [3.05, 3.63) is 33.5 Å². The van der Waals surface area contributed by atoms with Gasteiger partial charge in [-0.05, 0) is 110 Å². The summed E-state index contributed by atoms with van der Waals surface area (Å²) in [4.78, 5) is 7.24. The van der Waals surface area contributed by atoms with Crippen molar-refractivity contribution in [2.24, 2.45) is 0 Å². The van der Waals surface area contributed by atoms with Crippen LogP contribution in [0.3, 0.4) is 0 Å². The fraction of sp³-hybridized carbons (Fsp3) is 0.591. The number of anilines is 1. The molecule has 1 aromatic heterocycles. The topological polar surface area (TPSA) is 28.2 Å². The van der Waals surface area contributed by atoms with Gasteiger partial charge in [0.1, 0.15) is 0 Å². The van der Waals surface area contributed by atoms with Gasteiger partial charge in [0, 0.05) is 17.1 Å². The minimum Gasteiger partial charge on any atom is -0.381 e. The summed E-state index contributed by atoms with van der Waals surface area (Å²) < 4.78 is 0. The molecule has 2 rings (SSSR count). The van der Waals surface area contributed by atoms with Gasteiger partial charge >= 0.3 is 0 Å². The summed E-state index contributed by atoms with van der Waals surface area (Å²) in [6, 6.07) is 0.438. The lowest BCUT2D eigenvalue weighted by molar-refractivity contribution is 0.390. The van der Waals surface area contributed by atoms with Crippen molar-refractivity contribution < 1.29 is 0 Å². The zero-order valence-electron chi connectivity index (χ0n) is 17.6. The first-order valence-corrected chi connectivity index (χ1v) is 9.43. The molecule has 0 bridgehead atoms. The number of benzene rings is 1. The van der Waals surface area contributed by atoms with Crippen molar-refractivity contribution in [2.75, 3.05) is 26.0 Å². The smallest absolute Gasteiger partial charge is 0.0944 e. The molecule has 1 N–H and O–H groups in total. The Morgan fingerprint density at radius 2 is 1.48 bits per heavy atom. The zero-order valence-corrected chi connectivity index (χ0v) is 17.6. The second-order valence-corrected chi connectivity index (χ2v) is 7.91. The molecule has 0 aliphatic carbocycles.